The third kappa shape index (κ3) is 2.48. The standard InChI is InChI=1S/C13H8ClN3O3S/c14-8-4-7(5-9(6-8)17(18)19)12-11(13(15)16-20-12)10-2-1-3-21-10/h1-6H,(H2,15,16). The molecule has 0 saturated carbocycles. The highest BCUT2D eigenvalue weighted by Crippen LogP contribution is 2.40. The van der Waals surface area contributed by atoms with Gasteiger partial charge in [-0.05, 0) is 17.5 Å². The van der Waals surface area contributed by atoms with E-state index in [-0.39, 0.29) is 16.5 Å². The van der Waals surface area contributed by atoms with Crippen LogP contribution in [0.25, 0.3) is 21.8 Å². The van der Waals surface area contributed by atoms with Crippen LogP contribution < -0.4 is 5.73 Å². The number of benzene rings is 1. The van der Waals surface area contributed by atoms with Crippen LogP contribution >= 0.6 is 22.9 Å². The van der Waals surface area contributed by atoms with E-state index < -0.39 is 4.92 Å². The summed E-state index contributed by atoms with van der Waals surface area (Å²) < 4.78 is 5.25. The summed E-state index contributed by atoms with van der Waals surface area (Å²) in [5, 5.41) is 16.8. The summed E-state index contributed by atoms with van der Waals surface area (Å²) in [4.78, 5) is 11.3. The molecule has 0 aliphatic rings. The molecule has 0 atom stereocenters. The molecule has 2 aromatic heterocycles. The highest BCUT2D eigenvalue weighted by atomic mass is 35.5. The first kappa shape index (κ1) is 13.6. The zero-order chi connectivity index (χ0) is 15.0. The van der Waals surface area contributed by atoms with Crippen LogP contribution in [0.2, 0.25) is 5.02 Å². The predicted octanol–water partition coefficient (Wildman–Crippen LogP) is 4.21. The van der Waals surface area contributed by atoms with Gasteiger partial charge in [0, 0.05) is 27.6 Å². The third-order valence-electron chi connectivity index (χ3n) is 2.84. The van der Waals surface area contributed by atoms with E-state index in [2.05, 4.69) is 5.16 Å². The number of hydrogen-bond donors (Lipinski definition) is 1. The molecule has 3 rings (SSSR count). The van der Waals surface area contributed by atoms with Gasteiger partial charge in [-0.25, -0.2) is 0 Å². The van der Waals surface area contributed by atoms with Crippen molar-refractivity contribution in [2.24, 2.45) is 0 Å². The van der Waals surface area contributed by atoms with E-state index in [9.17, 15) is 10.1 Å². The molecule has 0 bridgehead atoms. The molecule has 0 aliphatic heterocycles. The number of thiophene rings is 1. The molecule has 2 N–H and O–H groups in total. The Morgan fingerprint density at radius 1 is 1.38 bits per heavy atom. The van der Waals surface area contributed by atoms with Crippen LogP contribution in [0, 0.1) is 10.1 Å². The quantitative estimate of drug-likeness (QED) is 0.575. The van der Waals surface area contributed by atoms with E-state index >= 15 is 0 Å². The fraction of sp³-hybridized carbons (Fsp3) is 0. The van der Waals surface area contributed by atoms with E-state index in [1.807, 2.05) is 17.5 Å². The number of hydrogen-bond acceptors (Lipinski definition) is 6. The Kier molecular flexibility index (Phi) is 3.36. The van der Waals surface area contributed by atoms with Crippen molar-refractivity contribution in [2.75, 3.05) is 5.73 Å². The number of nitrogen functional groups attached to an aromatic ring is 1. The van der Waals surface area contributed by atoms with Crippen molar-refractivity contribution in [1.29, 1.82) is 0 Å². The number of nitrogens with two attached hydrogens (primary N) is 1. The van der Waals surface area contributed by atoms with Crippen molar-refractivity contribution in [2.45, 2.75) is 0 Å². The zero-order valence-electron chi connectivity index (χ0n) is 10.4. The second-order valence-electron chi connectivity index (χ2n) is 4.20. The molecule has 106 valence electrons. The maximum Gasteiger partial charge on any atom is 0.271 e. The van der Waals surface area contributed by atoms with Crippen LogP contribution in [0.4, 0.5) is 11.5 Å². The minimum absolute atomic E-state index is 0.121. The van der Waals surface area contributed by atoms with Gasteiger partial charge in [0.15, 0.2) is 11.6 Å². The SMILES string of the molecule is Nc1noc(-c2cc(Cl)cc([N+](=O)[O-])c2)c1-c1cccs1. The molecule has 0 fully saturated rings. The Hall–Kier alpha value is -2.38. The van der Waals surface area contributed by atoms with Crippen LogP contribution in [0.15, 0.2) is 40.2 Å². The number of rotatable bonds is 3. The number of non-ortho nitro benzene ring substituents is 1. The molecule has 0 aliphatic carbocycles. The van der Waals surface area contributed by atoms with Crippen LogP contribution in [0.1, 0.15) is 0 Å². The molecule has 0 saturated heterocycles. The largest absolute Gasteiger partial charge is 0.380 e. The lowest BCUT2D eigenvalue weighted by atomic mass is 10.1. The van der Waals surface area contributed by atoms with Gasteiger partial charge in [0.2, 0.25) is 0 Å². The van der Waals surface area contributed by atoms with E-state index in [0.29, 0.717) is 16.9 Å². The predicted molar refractivity (Wildman–Crippen MR) is 81.3 cm³/mol. The van der Waals surface area contributed by atoms with Crippen molar-refractivity contribution < 1.29 is 9.45 Å². The fourth-order valence-electron chi connectivity index (χ4n) is 1.97. The minimum Gasteiger partial charge on any atom is -0.380 e. The van der Waals surface area contributed by atoms with Gasteiger partial charge < -0.3 is 10.3 Å². The van der Waals surface area contributed by atoms with E-state index in [0.717, 1.165) is 4.88 Å². The number of nitrogens with zero attached hydrogens (tertiary/aromatic N) is 2. The van der Waals surface area contributed by atoms with Crippen LogP contribution in [0.3, 0.4) is 0 Å². The molecule has 0 unspecified atom stereocenters. The molecule has 0 amide bonds. The van der Waals surface area contributed by atoms with Gasteiger partial charge in [-0.3, -0.25) is 10.1 Å². The lowest BCUT2D eigenvalue weighted by Crippen LogP contribution is -1.90. The van der Waals surface area contributed by atoms with Crippen molar-refractivity contribution in [3.8, 4) is 21.8 Å². The van der Waals surface area contributed by atoms with E-state index in [1.54, 1.807) is 6.07 Å². The molecule has 3 aromatic rings. The normalized spacial score (nSPS) is 10.7. The lowest BCUT2D eigenvalue weighted by molar-refractivity contribution is -0.384. The molecule has 0 spiro atoms. The molecule has 1 aromatic carbocycles. The van der Waals surface area contributed by atoms with Gasteiger partial charge >= 0.3 is 0 Å². The van der Waals surface area contributed by atoms with Crippen molar-refractivity contribution in [3.05, 3.63) is 50.8 Å². The number of halogens is 1. The van der Waals surface area contributed by atoms with Crippen molar-refractivity contribution >= 4 is 34.4 Å². The Balaban J connectivity index is 2.20. The Bertz CT molecular complexity index is 814. The van der Waals surface area contributed by atoms with E-state index in [4.69, 9.17) is 21.9 Å². The highest BCUT2D eigenvalue weighted by molar-refractivity contribution is 7.13. The highest BCUT2D eigenvalue weighted by Gasteiger charge is 2.21. The smallest absolute Gasteiger partial charge is 0.271 e. The number of anilines is 1. The molecule has 0 radical (unpaired) electrons. The first-order chi connectivity index (χ1) is 10.1. The maximum absolute atomic E-state index is 10.9. The summed E-state index contributed by atoms with van der Waals surface area (Å²) in [6.07, 6.45) is 0. The Labute approximate surface area is 127 Å². The summed E-state index contributed by atoms with van der Waals surface area (Å²) in [6, 6.07) is 7.97. The molecular formula is C13H8ClN3O3S. The first-order valence-electron chi connectivity index (χ1n) is 5.80. The van der Waals surface area contributed by atoms with Gasteiger partial charge in [0.05, 0.1) is 10.5 Å². The maximum atomic E-state index is 10.9. The summed E-state index contributed by atoms with van der Waals surface area (Å²) in [5.41, 5.74) is 6.79. The molecule has 21 heavy (non-hydrogen) atoms. The number of nitro groups is 1. The zero-order valence-corrected chi connectivity index (χ0v) is 12.0. The summed E-state index contributed by atoms with van der Waals surface area (Å²) in [5.74, 6) is 0.593. The van der Waals surface area contributed by atoms with Gasteiger partial charge in [-0.2, -0.15) is 0 Å². The summed E-state index contributed by atoms with van der Waals surface area (Å²) in [7, 11) is 0. The molecule has 2 heterocycles. The Morgan fingerprint density at radius 3 is 2.86 bits per heavy atom. The van der Waals surface area contributed by atoms with Crippen LogP contribution in [-0.2, 0) is 0 Å². The molecule has 6 nitrogen and oxygen atoms in total. The van der Waals surface area contributed by atoms with Crippen molar-refractivity contribution in [3.63, 3.8) is 0 Å². The monoisotopic (exact) mass is 321 g/mol. The lowest BCUT2D eigenvalue weighted by Gasteiger charge is -2.01. The van der Waals surface area contributed by atoms with Gasteiger partial charge in [-0.1, -0.05) is 22.8 Å². The molecular weight excluding hydrogens is 314 g/mol. The first-order valence-corrected chi connectivity index (χ1v) is 7.06. The van der Waals surface area contributed by atoms with E-state index in [1.165, 1.54) is 23.5 Å². The summed E-state index contributed by atoms with van der Waals surface area (Å²) >= 11 is 7.40. The number of aromatic nitrogens is 1. The second kappa shape index (κ2) is 5.19. The topological polar surface area (TPSA) is 95.2 Å². The average molecular weight is 322 g/mol. The van der Waals surface area contributed by atoms with Gasteiger partial charge in [0.25, 0.3) is 5.69 Å². The van der Waals surface area contributed by atoms with Crippen LogP contribution in [-0.4, -0.2) is 10.1 Å². The van der Waals surface area contributed by atoms with Gasteiger partial charge in [-0.15, -0.1) is 11.3 Å². The van der Waals surface area contributed by atoms with Gasteiger partial charge in [0.1, 0.15) is 0 Å². The minimum atomic E-state index is -0.514. The number of nitro benzene ring substituents is 1. The Morgan fingerprint density at radius 2 is 2.19 bits per heavy atom. The fourth-order valence-corrected chi connectivity index (χ4v) is 2.97. The average Bonchev–Trinajstić information content (AvgIpc) is 3.06. The summed E-state index contributed by atoms with van der Waals surface area (Å²) in [6.45, 7) is 0. The van der Waals surface area contributed by atoms with Crippen molar-refractivity contribution in [1.82, 2.24) is 5.16 Å². The second-order valence-corrected chi connectivity index (χ2v) is 5.59. The van der Waals surface area contributed by atoms with Crippen LogP contribution in [0.5, 0.6) is 0 Å². The third-order valence-corrected chi connectivity index (χ3v) is 3.95. The molecule has 8 heteroatoms.